The molecule has 0 aromatic heterocycles. The van der Waals surface area contributed by atoms with Gasteiger partial charge in [0.25, 0.3) is 0 Å². The van der Waals surface area contributed by atoms with Gasteiger partial charge < -0.3 is 15.2 Å². The SMILES string of the molecule is COc1cc(/C=C/C(=O)c2ccc3c(c2)CCC(=O)N3)cc(Br)c1O. The molecule has 25 heavy (non-hydrogen) atoms. The number of carbonyl (C=O) groups is 2. The fourth-order valence-electron chi connectivity index (χ4n) is 2.65. The maximum Gasteiger partial charge on any atom is 0.224 e. The van der Waals surface area contributed by atoms with Crippen LogP contribution in [0.25, 0.3) is 6.08 Å². The summed E-state index contributed by atoms with van der Waals surface area (Å²) in [6.45, 7) is 0. The van der Waals surface area contributed by atoms with E-state index >= 15 is 0 Å². The molecule has 0 spiro atoms. The number of aryl methyl sites for hydroxylation is 1. The second-order valence-corrected chi connectivity index (χ2v) is 6.53. The fraction of sp³-hybridized carbons (Fsp3) is 0.158. The van der Waals surface area contributed by atoms with Crippen LogP contribution < -0.4 is 10.1 Å². The summed E-state index contributed by atoms with van der Waals surface area (Å²) < 4.78 is 5.58. The second-order valence-electron chi connectivity index (χ2n) is 5.67. The lowest BCUT2D eigenvalue weighted by atomic mass is 9.98. The molecule has 3 rings (SSSR count). The maximum atomic E-state index is 12.4. The minimum Gasteiger partial charge on any atom is -0.503 e. The lowest BCUT2D eigenvalue weighted by molar-refractivity contribution is -0.116. The molecule has 1 heterocycles. The van der Waals surface area contributed by atoms with Crippen molar-refractivity contribution >= 4 is 39.4 Å². The third-order valence-corrected chi connectivity index (χ3v) is 4.59. The van der Waals surface area contributed by atoms with Crippen LogP contribution in [0.5, 0.6) is 11.5 Å². The highest BCUT2D eigenvalue weighted by atomic mass is 79.9. The van der Waals surface area contributed by atoms with Gasteiger partial charge in [-0.05, 0) is 69.9 Å². The number of allylic oxidation sites excluding steroid dienone is 1. The smallest absolute Gasteiger partial charge is 0.224 e. The maximum absolute atomic E-state index is 12.4. The van der Waals surface area contributed by atoms with Crippen LogP contribution in [-0.4, -0.2) is 23.9 Å². The van der Waals surface area contributed by atoms with Crippen LogP contribution in [0.2, 0.25) is 0 Å². The molecule has 0 atom stereocenters. The van der Waals surface area contributed by atoms with Gasteiger partial charge in [0.2, 0.25) is 5.91 Å². The van der Waals surface area contributed by atoms with Crippen LogP contribution in [-0.2, 0) is 11.2 Å². The van der Waals surface area contributed by atoms with Crippen LogP contribution in [0.3, 0.4) is 0 Å². The first-order valence-electron chi connectivity index (χ1n) is 7.69. The normalized spacial score (nSPS) is 13.4. The Hall–Kier alpha value is -2.60. The average Bonchev–Trinajstić information content (AvgIpc) is 2.61. The molecular weight excluding hydrogens is 386 g/mol. The molecule has 128 valence electrons. The number of anilines is 1. The van der Waals surface area contributed by atoms with Crippen molar-refractivity contribution in [2.75, 3.05) is 12.4 Å². The Labute approximate surface area is 153 Å². The standard InChI is InChI=1S/C19H16BrNO4/c1-25-17-9-11(8-14(20)19(17)24)2-6-16(22)13-3-5-15-12(10-13)4-7-18(23)21-15/h2-3,5-6,8-10,24H,4,7H2,1H3,(H,21,23)/b6-2+. The summed E-state index contributed by atoms with van der Waals surface area (Å²) in [6, 6.07) is 8.61. The topological polar surface area (TPSA) is 75.6 Å². The Morgan fingerprint density at radius 2 is 2.08 bits per heavy atom. The van der Waals surface area contributed by atoms with Crippen LogP contribution in [0.1, 0.15) is 27.9 Å². The molecule has 2 aromatic rings. The van der Waals surface area contributed by atoms with E-state index in [0.717, 1.165) is 16.8 Å². The van der Waals surface area contributed by atoms with Gasteiger partial charge in [0.05, 0.1) is 11.6 Å². The number of halogens is 1. The predicted octanol–water partition coefficient (Wildman–Crippen LogP) is 3.94. The number of fused-ring (bicyclic) bond motifs is 1. The van der Waals surface area contributed by atoms with Crippen LogP contribution in [0, 0.1) is 0 Å². The molecule has 0 saturated carbocycles. The van der Waals surface area contributed by atoms with E-state index in [9.17, 15) is 14.7 Å². The van der Waals surface area contributed by atoms with Crippen molar-refractivity contribution in [1.29, 1.82) is 0 Å². The van der Waals surface area contributed by atoms with Gasteiger partial charge in [-0.1, -0.05) is 6.08 Å². The quantitative estimate of drug-likeness (QED) is 0.600. The van der Waals surface area contributed by atoms with Crippen molar-refractivity contribution < 1.29 is 19.4 Å². The van der Waals surface area contributed by atoms with Crippen molar-refractivity contribution in [2.45, 2.75) is 12.8 Å². The minimum absolute atomic E-state index is 0.00155. The van der Waals surface area contributed by atoms with E-state index in [4.69, 9.17) is 4.74 Å². The number of methoxy groups -OCH3 is 1. The minimum atomic E-state index is -0.136. The Morgan fingerprint density at radius 3 is 2.84 bits per heavy atom. The van der Waals surface area contributed by atoms with Crippen molar-refractivity contribution in [1.82, 2.24) is 0 Å². The molecule has 0 saturated heterocycles. The molecule has 1 aliphatic heterocycles. The highest BCUT2D eigenvalue weighted by Gasteiger charge is 2.16. The zero-order valence-electron chi connectivity index (χ0n) is 13.5. The monoisotopic (exact) mass is 401 g/mol. The summed E-state index contributed by atoms with van der Waals surface area (Å²) >= 11 is 3.25. The fourth-order valence-corrected chi connectivity index (χ4v) is 3.11. The van der Waals surface area contributed by atoms with Gasteiger partial charge in [-0.2, -0.15) is 0 Å². The summed E-state index contributed by atoms with van der Waals surface area (Å²) in [4.78, 5) is 23.8. The number of hydrogen-bond acceptors (Lipinski definition) is 4. The van der Waals surface area contributed by atoms with E-state index in [1.807, 2.05) is 6.07 Å². The number of hydrogen-bond donors (Lipinski definition) is 2. The van der Waals surface area contributed by atoms with Crippen molar-refractivity contribution in [3.8, 4) is 11.5 Å². The molecule has 0 radical (unpaired) electrons. The van der Waals surface area contributed by atoms with Gasteiger partial charge in [-0.25, -0.2) is 0 Å². The van der Waals surface area contributed by atoms with E-state index in [1.54, 1.807) is 30.3 Å². The molecule has 5 nitrogen and oxygen atoms in total. The molecule has 1 aliphatic rings. The largest absolute Gasteiger partial charge is 0.503 e. The number of rotatable bonds is 4. The van der Waals surface area contributed by atoms with Crippen LogP contribution in [0.15, 0.2) is 40.9 Å². The summed E-state index contributed by atoms with van der Waals surface area (Å²) in [5.74, 6) is 0.204. The summed E-state index contributed by atoms with van der Waals surface area (Å²) in [5, 5.41) is 12.6. The second kappa shape index (κ2) is 7.11. The zero-order chi connectivity index (χ0) is 18.0. The van der Waals surface area contributed by atoms with E-state index in [-0.39, 0.29) is 17.4 Å². The Morgan fingerprint density at radius 1 is 1.28 bits per heavy atom. The summed E-state index contributed by atoms with van der Waals surface area (Å²) in [7, 11) is 1.46. The number of aromatic hydroxyl groups is 1. The van der Waals surface area contributed by atoms with Gasteiger partial charge in [-0.3, -0.25) is 9.59 Å². The molecule has 2 aromatic carbocycles. The molecule has 6 heteroatoms. The first kappa shape index (κ1) is 17.2. The van der Waals surface area contributed by atoms with Crippen molar-refractivity contribution in [2.24, 2.45) is 0 Å². The van der Waals surface area contributed by atoms with Gasteiger partial charge in [0.15, 0.2) is 17.3 Å². The number of nitrogens with one attached hydrogen (secondary N) is 1. The highest BCUT2D eigenvalue weighted by molar-refractivity contribution is 9.10. The third-order valence-electron chi connectivity index (χ3n) is 3.98. The highest BCUT2D eigenvalue weighted by Crippen LogP contribution is 2.35. The van der Waals surface area contributed by atoms with E-state index in [2.05, 4.69) is 21.2 Å². The van der Waals surface area contributed by atoms with Crippen LogP contribution >= 0.6 is 15.9 Å². The predicted molar refractivity (Wildman–Crippen MR) is 99.1 cm³/mol. The molecular formula is C19H16BrNO4. The number of benzene rings is 2. The lowest BCUT2D eigenvalue weighted by Gasteiger charge is -2.16. The number of phenols is 1. The summed E-state index contributed by atoms with van der Waals surface area (Å²) in [5.41, 5.74) is 3.02. The molecule has 2 N–H and O–H groups in total. The first-order chi connectivity index (χ1) is 12.0. The first-order valence-corrected chi connectivity index (χ1v) is 8.49. The number of phenolic OH excluding ortho intramolecular Hbond substituents is 1. The molecule has 1 amide bonds. The molecule has 0 fully saturated rings. The van der Waals surface area contributed by atoms with Crippen LogP contribution in [0.4, 0.5) is 5.69 Å². The summed E-state index contributed by atoms with van der Waals surface area (Å²) in [6.07, 6.45) is 4.20. The van der Waals surface area contributed by atoms with Crippen molar-refractivity contribution in [3.05, 3.63) is 57.6 Å². The van der Waals surface area contributed by atoms with Gasteiger partial charge in [-0.15, -0.1) is 0 Å². The average molecular weight is 402 g/mol. The molecule has 0 unspecified atom stereocenters. The number of ketones is 1. The number of carbonyl (C=O) groups excluding carboxylic acids is 2. The van der Waals surface area contributed by atoms with Gasteiger partial charge >= 0.3 is 0 Å². The Bertz CT molecular complexity index is 889. The van der Waals surface area contributed by atoms with Gasteiger partial charge in [0, 0.05) is 17.7 Å². The number of amides is 1. The molecule has 0 aliphatic carbocycles. The van der Waals surface area contributed by atoms with E-state index in [1.165, 1.54) is 13.2 Å². The zero-order valence-corrected chi connectivity index (χ0v) is 15.1. The molecule has 0 bridgehead atoms. The third kappa shape index (κ3) is 3.74. The van der Waals surface area contributed by atoms with E-state index < -0.39 is 0 Å². The van der Waals surface area contributed by atoms with E-state index in [0.29, 0.717) is 28.6 Å². The van der Waals surface area contributed by atoms with Gasteiger partial charge in [0.1, 0.15) is 0 Å². The Kier molecular flexibility index (Phi) is 4.90. The van der Waals surface area contributed by atoms with Crippen molar-refractivity contribution in [3.63, 3.8) is 0 Å². The Balaban J connectivity index is 1.82. The lowest BCUT2D eigenvalue weighted by Crippen LogP contribution is -2.19. The number of ether oxygens (including phenoxy) is 1.